The summed E-state index contributed by atoms with van der Waals surface area (Å²) in [5.74, 6) is -0.397. The Kier molecular flexibility index (Phi) is 4.49. The lowest BCUT2D eigenvalue weighted by Gasteiger charge is -2.07. The first kappa shape index (κ1) is 13.8. The van der Waals surface area contributed by atoms with Crippen molar-refractivity contribution >= 4 is 5.97 Å². The predicted octanol–water partition coefficient (Wildman–Crippen LogP) is 1.41. The summed E-state index contributed by atoms with van der Waals surface area (Å²) in [6.07, 6.45) is 0.560. The van der Waals surface area contributed by atoms with Gasteiger partial charge in [-0.05, 0) is 18.2 Å². The number of carbonyl (C=O) groups is 1. The van der Waals surface area contributed by atoms with Gasteiger partial charge in [-0.1, -0.05) is 18.2 Å². The maximum Gasteiger partial charge on any atom is 0.356 e. The Hall–Kier alpha value is -2.63. The fourth-order valence-corrected chi connectivity index (χ4v) is 1.64. The summed E-state index contributed by atoms with van der Waals surface area (Å²) in [5.41, 5.74) is -0.469. The van der Waals surface area contributed by atoms with Gasteiger partial charge < -0.3 is 9.84 Å². The Morgan fingerprint density at radius 1 is 1.20 bits per heavy atom. The summed E-state index contributed by atoms with van der Waals surface area (Å²) >= 11 is 0. The molecule has 0 saturated heterocycles. The second-order valence-electron chi connectivity index (χ2n) is 4.10. The molecule has 0 unspecified atom stereocenters. The molecule has 0 bridgehead atoms. The van der Waals surface area contributed by atoms with E-state index in [1.165, 1.54) is 12.1 Å². The molecule has 0 spiro atoms. The number of hydrogen-bond donors (Lipinski definition) is 1. The van der Waals surface area contributed by atoms with Crippen LogP contribution in [-0.2, 0) is 6.54 Å². The van der Waals surface area contributed by atoms with Crippen LogP contribution < -0.4 is 10.3 Å². The van der Waals surface area contributed by atoms with Crippen molar-refractivity contribution in [2.75, 3.05) is 6.61 Å². The molecule has 0 fully saturated rings. The van der Waals surface area contributed by atoms with Crippen molar-refractivity contribution in [1.82, 2.24) is 9.78 Å². The standard InChI is InChI=1S/C14H14N2O4/c17-13-8-7-12(14(18)19)15-16(13)9-4-10-20-11-5-2-1-3-6-11/h1-3,5-8H,4,9-10H2,(H,18,19). The Morgan fingerprint density at radius 3 is 2.65 bits per heavy atom. The first-order chi connectivity index (χ1) is 9.66. The van der Waals surface area contributed by atoms with Gasteiger partial charge in [0.2, 0.25) is 0 Å². The number of nitrogens with zero attached hydrogens (tertiary/aromatic N) is 2. The van der Waals surface area contributed by atoms with E-state index >= 15 is 0 Å². The molecule has 0 saturated carbocycles. The molecule has 2 aromatic rings. The molecule has 1 N–H and O–H groups in total. The molecular formula is C14H14N2O4. The third kappa shape index (κ3) is 3.68. The first-order valence-electron chi connectivity index (χ1n) is 6.16. The minimum atomic E-state index is -1.15. The molecule has 0 aliphatic rings. The summed E-state index contributed by atoms with van der Waals surface area (Å²) in [4.78, 5) is 22.3. The zero-order valence-corrected chi connectivity index (χ0v) is 10.7. The van der Waals surface area contributed by atoms with E-state index in [-0.39, 0.29) is 11.3 Å². The Balaban J connectivity index is 1.89. The fraction of sp³-hybridized carbons (Fsp3) is 0.214. The van der Waals surface area contributed by atoms with Gasteiger partial charge >= 0.3 is 5.97 Å². The topological polar surface area (TPSA) is 81.4 Å². The van der Waals surface area contributed by atoms with Crippen LogP contribution in [0.1, 0.15) is 16.9 Å². The molecule has 0 amide bonds. The molecule has 1 aromatic carbocycles. The Morgan fingerprint density at radius 2 is 1.95 bits per heavy atom. The number of carboxylic acids is 1. The molecule has 0 aliphatic carbocycles. The van der Waals surface area contributed by atoms with Crippen LogP contribution in [0.4, 0.5) is 0 Å². The van der Waals surface area contributed by atoms with E-state index in [0.29, 0.717) is 19.6 Å². The number of aromatic carboxylic acids is 1. The van der Waals surface area contributed by atoms with Gasteiger partial charge in [-0.15, -0.1) is 0 Å². The fourth-order valence-electron chi connectivity index (χ4n) is 1.64. The molecule has 0 radical (unpaired) electrons. The number of carboxylic acid groups (broad SMARTS) is 1. The van der Waals surface area contributed by atoms with Gasteiger partial charge in [0.25, 0.3) is 5.56 Å². The SMILES string of the molecule is O=C(O)c1ccc(=O)n(CCCOc2ccccc2)n1. The highest BCUT2D eigenvalue weighted by Crippen LogP contribution is 2.08. The van der Waals surface area contributed by atoms with Crippen molar-refractivity contribution in [3.63, 3.8) is 0 Å². The zero-order chi connectivity index (χ0) is 14.4. The van der Waals surface area contributed by atoms with Gasteiger partial charge in [-0.3, -0.25) is 4.79 Å². The second-order valence-corrected chi connectivity index (χ2v) is 4.10. The molecule has 6 heteroatoms. The Bertz CT molecular complexity index is 637. The van der Waals surface area contributed by atoms with E-state index in [4.69, 9.17) is 9.84 Å². The van der Waals surface area contributed by atoms with Crippen molar-refractivity contribution in [1.29, 1.82) is 0 Å². The number of rotatable bonds is 6. The van der Waals surface area contributed by atoms with E-state index in [9.17, 15) is 9.59 Å². The van der Waals surface area contributed by atoms with Crippen molar-refractivity contribution in [3.8, 4) is 5.75 Å². The average molecular weight is 274 g/mol. The number of aryl methyl sites for hydroxylation is 1. The van der Waals surface area contributed by atoms with Gasteiger partial charge in [-0.2, -0.15) is 5.10 Å². The summed E-state index contributed by atoms with van der Waals surface area (Å²) in [6, 6.07) is 11.7. The van der Waals surface area contributed by atoms with E-state index in [1.807, 2.05) is 30.3 Å². The molecule has 1 aromatic heterocycles. The van der Waals surface area contributed by atoms with Gasteiger partial charge in [-0.25, -0.2) is 9.48 Å². The number of benzene rings is 1. The smallest absolute Gasteiger partial charge is 0.356 e. The van der Waals surface area contributed by atoms with Crippen LogP contribution in [0, 0.1) is 0 Å². The second kappa shape index (κ2) is 6.51. The van der Waals surface area contributed by atoms with Crippen LogP contribution in [0.25, 0.3) is 0 Å². The van der Waals surface area contributed by atoms with Crippen molar-refractivity contribution in [3.05, 3.63) is 58.5 Å². The molecule has 2 rings (SSSR count). The summed E-state index contributed by atoms with van der Waals surface area (Å²) in [7, 11) is 0. The van der Waals surface area contributed by atoms with Crippen LogP contribution in [0.2, 0.25) is 0 Å². The normalized spacial score (nSPS) is 10.2. The monoisotopic (exact) mass is 274 g/mol. The lowest BCUT2D eigenvalue weighted by Crippen LogP contribution is -2.25. The Labute approximate surface area is 115 Å². The summed E-state index contributed by atoms with van der Waals surface area (Å²) in [6.45, 7) is 0.738. The summed E-state index contributed by atoms with van der Waals surface area (Å²) < 4.78 is 6.62. The molecule has 104 valence electrons. The molecule has 6 nitrogen and oxygen atoms in total. The molecular weight excluding hydrogens is 260 g/mol. The van der Waals surface area contributed by atoms with Crippen LogP contribution >= 0.6 is 0 Å². The number of aromatic nitrogens is 2. The molecule has 0 aliphatic heterocycles. The zero-order valence-electron chi connectivity index (χ0n) is 10.7. The van der Waals surface area contributed by atoms with E-state index in [0.717, 1.165) is 10.4 Å². The van der Waals surface area contributed by atoms with Gasteiger partial charge in [0.05, 0.1) is 6.61 Å². The predicted molar refractivity (Wildman–Crippen MR) is 72.0 cm³/mol. The highest BCUT2D eigenvalue weighted by molar-refractivity contribution is 5.84. The summed E-state index contributed by atoms with van der Waals surface area (Å²) in [5, 5.41) is 12.6. The average Bonchev–Trinajstić information content (AvgIpc) is 2.46. The molecule has 0 atom stereocenters. The van der Waals surface area contributed by atoms with E-state index < -0.39 is 5.97 Å². The van der Waals surface area contributed by atoms with E-state index in [1.54, 1.807) is 0 Å². The maximum absolute atomic E-state index is 11.5. The maximum atomic E-state index is 11.5. The van der Waals surface area contributed by atoms with Crippen LogP contribution in [0.5, 0.6) is 5.75 Å². The number of hydrogen-bond acceptors (Lipinski definition) is 4. The minimum absolute atomic E-state index is 0.145. The van der Waals surface area contributed by atoms with Crippen LogP contribution in [-0.4, -0.2) is 27.5 Å². The largest absolute Gasteiger partial charge is 0.494 e. The lowest BCUT2D eigenvalue weighted by molar-refractivity contribution is 0.0687. The highest BCUT2D eigenvalue weighted by Gasteiger charge is 2.06. The number of para-hydroxylation sites is 1. The van der Waals surface area contributed by atoms with Gasteiger partial charge in [0.1, 0.15) is 5.75 Å². The molecule has 20 heavy (non-hydrogen) atoms. The van der Waals surface area contributed by atoms with Gasteiger partial charge in [0, 0.05) is 19.0 Å². The van der Waals surface area contributed by atoms with Crippen molar-refractivity contribution < 1.29 is 14.6 Å². The van der Waals surface area contributed by atoms with Crippen LogP contribution in [0.3, 0.4) is 0 Å². The quantitative estimate of drug-likeness (QED) is 0.805. The molecule has 1 heterocycles. The van der Waals surface area contributed by atoms with Gasteiger partial charge in [0.15, 0.2) is 5.69 Å². The number of ether oxygens (including phenoxy) is 1. The third-order valence-corrected chi connectivity index (χ3v) is 2.61. The highest BCUT2D eigenvalue weighted by atomic mass is 16.5. The first-order valence-corrected chi connectivity index (χ1v) is 6.16. The van der Waals surface area contributed by atoms with Crippen molar-refractivity contribution in [2.45, 2.75) is 13.0 Å². The lowest BCUT2D eigenvalue weighted by atomic mass is 10.3. The minimum Gasteiger partial charge on any atom is -0.494 e. The third-order valence-electron chi connectivity index (χ3n) is 2.61. The van der Waals surface area contributed by atoms with E-state index in [2.05, 4.69) is 5.10 Å². The van der Waals surface area contributed by atoms with Crippen molar-refractivity contribution in [2.24, 2.45) is 0 Å². The van der Waals surface area contributed by atoms with Crippen LogP contribution in [0.15, 0.2) is 47.3 Å².